The molecule has 0 spiro atoms. The Labute approximate surface area is 138 Å². The fourth-order valence-electron chi connectivity index (χ4n) is 2.34. The molecule has 4 nitrogen and oxygen atoms in total. The van der Waals surface area contributed by atoms with Gasteiger partial charge in [0, 0.05) is 12.6 Å². The first kappa shape index (κ1) is 17.6. The smallest absolute Gasteiger partial charge is 0.252 e. The van der Waals surface area contributed by atoms with Crippen molar-refractivity contribution < 1.29 is 18.4 Å². The Bertz CT molecular complexity index is 791. The molecule has 0 aromatic heterocycles. The SMILES string of the molecule is CNC(=O)C(NC(=O)c1cccc(C)c1C)c1ccc(F)c(F)c1. The standard InChI is InChI=1S/C18H18F2N2O2/c1-10-5-4-6-13(11(10)2)17(23)22-16(18(24)21-3)12-7-8-14(19)15(20)9-12/h4-9,16H,1-3H3,(H,21,24)(H,22,23). The number of hydrogen-bond donors (Lipinski definition) is 2. The Hall–Kier alpha value is -2.76. The lowest BCUT2D eigenvalue weighted by Crippen LogP contribution is -2.39. The molecule has 0 saturated heterocycles. The molecule has 0 aliphatic heterocycles. The lowest BCUT2D eigenvalue weighted by molar-refractivity contribution is -0.122. The van der Waals surface area contributed by atoms with Crippen LogP contribution >= 0.6 is 0 Å². The summed E-state index contributed by atoms with van der Waals surface area (Å²) in [5, 5.41) is 4.99. The molecule has 0 radical (unpaired) electrons. The Morgan fingerprint density at radius 1 is 1.04 bits per heavy atom. The van der Waals surface area contributed by atoms with Gasteiger partial charge in [-0.1, -0.05) is 18.2 Å². The number of likely N-dealkylation sites (N-methyl/N-ethyl adjacent to an activating group) is 1. The van der Waals surface area contributed by atoms with Crippen molar-refractivity contribution in [2.45, 2.75) is 19.9 Å². The molecule has 2 aromatic carbocycles. The van der Waals surface area contributed by atoms with E-state index in [9.17, 15) is 18.4 Å². The van der Waals surface area contributed by atoms with Crippen molar-refractivity contribution in [1.29, 1.82) is 0 Å². The van der Waals surface area contributed by atoms with Crippen LogP contribution in [0.1, 0.15) is 33.1 Å². The third-order valence-electron chi connectivity index (χ3n) is 3.91. The first-order valence-corrected chi connectivity index (χ1v) is 7.38. The van der Waals surface area contributed by atoms with Gasteiger partial charge in [0.1, 0.15) is 6.04 Å². The predicted octanol–water partition coefficient (Wildman–Crippen LogP) is 2.80. The summed E-state index contributed by atoms with van der Waals surface area (Å²) < 4.78 is 26.6. The van der Waals surface area contributed by atoms with E-state index in [0.29, 0.717) is 5.56 Å². The Morgan fingerprint density at radius 2 is 1.75 bits per heavy atom. The number of halogens is 2. The van der Waals surface area contributed by atoms with E-state index in [1.807, 2.05) is 13.0 Å². The number of amides is 2. The van der Waals surface area contributed by atoms with Crippen LogP contribution in [0, 0.1) is 25.5 Å². The summed E-state index contributed by atoms with van der Waals surface area (Å²) in [6.07, 6.45) is 0. The number of hydrogen-bond acceptors (Lipinski definition) is 2. The highest BCUT2D eigenvalue weighted by molar-refractivity contribution is 5.99. The minimum Gasteiger partial charge on any atom is -0.357 e. The number of carbonyl (C=O) groups excluding carboxylic acids is 2. The van der Waals surface area contributed by atoms with Crippen molar-refractivity contribution in [3.63, 3.8) is 0 Å². The van der Waals surface area contributed by atoms with Gasteiger partial charge in [-0.15, -0.1) is 0 Å². The average molecular weight is 332 g/mol. The third kappa shape index (κ3) is 3.59. The van der Waals surface area contributed by atoms with Gasteiger partial charge in [0.2, 0.25) is 5.91 Å². The van der Waals surface area contributed by atoms with Gasteiger partial charge >= 0.3 is 0 Å². The second-order valence-electron chi connectivity index (χ2n) is 5.44. The first-order valence-electron chi connectivity index (χ1n) is 7.38. The van der Waals surface area contributed by atoms with Crippen molar-refractivity contribution in [3.05, 3.63) is 70.3 Å². The highest BCUT2D eigenvalue weighted by Gasteiger charge is 2.24. The Balaban J connectivity index is 2.35. The molecule has 0 aliphatic rings. The zero-order valence-corrected chi connectivity index (χ0v) is 13.6. The van der Waals surface area contributed by atoms with Gasteiger partial charge in [-0.3, -0.25) is 9.59 Å². The third-order valence-corrected chi connectivity index (χ3v) is 3.91. The number of benzene rings is 2. The number of aryl methyl sites for hydroxylation is 1. The van der Waals surface area contributed by atoms with Crippen LogP contribution in [0.2, 0.25) is 0 Å². The van der Waals surface area contributed by atoms with E-state index >= 15 is 0 Å². The van der Waals surface area contributed by atoms with E-state index in [2.05, 4.69) is 10.6 Å². The molecule has 1 atom stereocenters. The summed E-state index contributed by atoms with van der Waals surface area (Å²) >= 11 is 0. The lowest BCUT2D eigenvalue weighted by atomic mass is 10.0. The predicted molar refractivity (Wildman–Crippen MR) is 86.5 cm³/mol. The van der Waals surface area contributed by atoms with Gasteiger partial charge in [0.25, 0.3) is 5.91 Å². The summed E-state index contributed by atoms with van der Waals surface area (Å²) in [6, 6.07) is 7.22. The topological polar surface area (TPSA) is 58.2 Å². The van der Waals surface area contributed by atoms with Crippen LogP contribution in [0.4, 0.5) is 8.78 Å². The Kier molecular flexibility index (Phi) is 5.28. The van der Waals surface area contributed by atoms with E-state index < -0.39 is 29.5 Å². The minimum absolute atomic E-state index is 0.159. The zero-order valence-electron chi connectivity index (χ0n) is 13.6. The monoisotopic (exact) mass is 332 g/mol. The molecule has 0 bridgehead atoms. The summed E-state index contributed by atoms with van der Waals surface area (Å²) in [6.45, 7) is 3.68. The lowest BCUT2D eigenvalue weighted by Gasteiger charge is -2.19. The fourth-order valence-corrected chi connectivity index (χ4v) is 2.34. The second-order valence-corrected chi connectivity index (χ2v) is 5.44. The van der Waals surface area contributed by atoms with Crippen LogP contribution in [0.15, 0.2) is 36.4 Å². The molecule has 2 N–H and O–H groups in total. The number of carbonyl (C=O) groups is 2. The van der Waals surface area contributed by atoms with Crippen LogP contribution < -0.4 is 10.6 Å². The summed E-state index contributed by atoms with van der Waals surface area (Å²) in [7, 11) is 1.40. The van der Waals surface area contributed by atoms with Crippen LogP contribution in [0.25, 0.3) is 0 Å². The van der Waals surface area contributed by atoms with E-state index in [1.165, 1.54) is 13.1 Å². The van der Waals surface area contributed by atoms with Gasteiger partial charge in [-0.2, -0.15) is 0 Å². The highest BCUT2D eigenvalue weighted by Crippen LogP contribution is 2.19. The van der Waals surface area contributed by atoms with Crippen molar-refractivity contribution in [1.82, 2.24) is 10.6 Å². The molecule has 2 amide bonds. The summed E-state index contributed by atoms with van der Waals surface area (Å²) in [5.41, 5.74) is 2.31. The van der Waals surface area contributed by atoms with E-state index in [1.54, 1.807) is 19.1 Å². The van der Waals surface area contributed by atoms with Crippen molar-refractivity contribution >= 4 is 11.8 Å². The van der Waals surface area contributed by atoms with Gasteiger partial charge in [0.05, 0.1) is 0 Å². The second kappa shape index (κ2) is 7.21. The van der Waals surface area contributed by atoms with Gasteiger partial charge < -0.3 is 10.6 Å². The molecule has 6 heteroatoms. The van der Waals surface area contributed by atoms with E-state index in [-0.39, 0.29) is 5.56 Å². The molecular weight excluding hydrogens is 314 g/mol. The largest absolute Gasteiger partial charge is 0.357 e. The summed E-state index contributed by atoms with van der Waals surface area (Å²) in [4.78, 5) is 24.6. The molecule has 0 saturated carbocycles. The van der Waals surface area contributed by atoms with E-state index in [4.69, 9.17) is 0 Å². The molecule has 0 aliphatic carbocycles. The molecule has 2 rings (SSSR count). The molecule has 2 aromatic rings. The maximum Gasteiger partial charge on any atom is 0.252 e. The first-order chi connectivity index (χ1) is 11.3. The van der Waals surface area contributed by atoms with Crippen LogP contribution in [-0.2, 0) is 4.79 Å². The summed E-state index contributed by atoms with van der Waals surface area (Å²) in [5.74, 6) is -3.09. The maximum absolute atomic E-state index is 13.5. The number of rotatable bonds is 4. The molecule has 0 heterocycles. The average Bonchev–Trinajstić information content (AvgIpc) is 2.56. The van der Waals surface area contributed by atoms with Gasteiger partial charge in [-0.25, -0.2) is 8.78 Å². The zero-order chi connectivity index (χ0) is 17.9. The Morgan fingerprint density at radius 3 is 2.38 bits per heavy atom. The normalized spacial score (nSPS) is 11.7. The highest BCUT2D eigenvalue weighted by atomic mass is 19.2. The van der Waals surface area contributed by atoms with Gasteiger partial charge in [0.15, 0.2) is 11.6 Å². The molecule has 0 fully saturated rings. The van der Waals surface area contributed by atoms with Crippen LogP contribution in [0.3, 0.4) is 0 Å². The molecule has 1 unspecified atom stereocenters. The fraction of sp³-hybridized carbons (Fsp3) is 0.222. The molecule has 126 valence electrons. The van der Waals surface area contributed by atoms with E-state index in [0.717, 1.165) is 23.3 Å². The number of nitrogens with one attached hydrogen (secondary N) is 2. The minimum atomic E-state index is -1.13. The molecular formula is C18H18F2N2O2. The van der Waals surface area contributed by atoms with Crippen LogP contribution in [-0.4, -0.2) is 18.9 Å². The van der Waals surface area contributed by atoms with Crippen molar-refractivity contribution in [2.75, 3.05) is 7.05 Å². The van der Waals surface area contributed by atoms with Gasteiger partial charge in [-0.05, 0) is 48.7 Å². The van der Waals surface area contributed by atoms with Crippen LogP contribution in [0.5, 0.6) is 0 Å². The maximum atomic E-state index is 13.5. The van der Waals surface area contributed by atoms with Crippen molar-refractivity contribution in [3.8, 4) is 0 Å². The quantitative estimate of drug-likeness (QED) is 0.904. The molecule has 24 heavy (non-hydrogen) atoms. The van der Waals surface area contributed by atoms with Crippen molar-refractivity contribution in [2.24, 2.45) is 0 Å².